The molecule has 0 atom stereocenters. The van der Waals surface area contributed by atoms with Crippen molar-refractivity contribution in [1.29, 1.82) is 0 Å². The minimum atomic E-state index is -2.39. The van der Waals surface area contributed by atoms with Crippen molar-refractivity contribution in [2.24, 2.45) is 0 Å². The molecule has 0 unspecified atom stereocenters. The fourth-order valence-corrected chi connectivity index (χ4v) is 12.5. The molecule has 4 nitrogen and oxygen atoms in total. The maximum Gasteiger partial charge on any atom is 0.413 e. The standard InChI is InChI=1S/C8H18O4Si4/c1-7(2,3)16(8(4,5)6)11-14-9-13-10-15-12-16/h1-6H3. The first-order chi connectivity index (χ1) is 7.21. The van der Waals surface area contributed by atoms with E-state index in [9.17, 15) is 0 Å². The van der Waals surface area contributed by atoms with E-state index in [0.29, 0.717) is 0 Å². The summed E-state index contributed by atoms with van der Waals surface area (Å²) in [6.07, 6.45) is 0. The van der Waals surface area contributed by atoms with Crippen LogP contribution in [0.3, 0.4) is 0 Å². The van der Waals surface area contributed by atoms with Crippen LogP contribution in [0.2, 0.25) is 10.1 Å². The molecule has 0 bridgehead atoms. The van der Waals surface area contributed by atoms with Crippen LogP contribution in [0.25, 0.3) is 0 Å². The molecule has 6 radical (unpaired) electrons. The van der Waals surface area contributed by atoms with Gasteiger partial charge in [-0.2, -0.15) is 0 Å². The molecule has 0 aromatic rings. The monoisotopic (exact) mass is 290 g/mol. The van der Waals surface area contributed by atoms with Crippen LogP contribution in [0.1, 0.15) is 41.5 Å². The highest BCUT2D eigenvalue weighted by atomic mass is 28.5. The summed E-state index contributed by atoms with van der Waals surface area (Å²) < 4.78 is 22.7. The van der Waals surface area contributed by atoms with Crippen molar-refractivity contribution in [3.8, 4) is 0 Å². The lowest BCUT2D eigenvalue weighted by molar-refractivity contribution is 0.251. The molecular weight excluding hydrogens is 272 g/mol. The number of rotatable bonds is 0. The summed E-state index contributed by atoms with van der Waals surface area (Å²) in [4.78, 5) is 0. The van der Waals surface area contributed by atoms with Gasteiger partial charge in [-0.3, -0.25) is 0 Å². The predicted octanol–water partition coefficient (Wildman–Crippen LogP) is 1.71. The Morgan fingerprint density at radius 3 is 1.38 bits per heavy atom. The van der Waals surface area contributed by atoms with Gasteiger partial charge in [-0.25, -0.2) is 0 Å². The number of hydrogen-bond acceptors (Lipinski definition) is 4. The van der Waals surface area contributed by atoms with Gasteiger partial charge in [0.2, 0.25) is 0 Å². The van der Waals surface area contributed by atoms with Crippen molar-refractivity contribution < 1.29 is 16.5 Å². The Kier molecular flexibility index (Phi) is 4.75. The molecule has 1 aliphatic heterocycles. The minimum Gasteiger partial charge on any atom is -0.413 e. The zero-order valence-corrected chi connectivity index (χ0v) is 14.6. The van der Waals surface area contributed by atoms with Gasteiger partial charge in [-0.15, -0.1) is 0 Å². The third-order valence-corrected chi connectivity index (χ3v) is 10.8. The predicted molar refractivity (Wildman–Crippen MR) is 66.8 cm³/mol. The summed E-state index contributed by atoms with van der Waals surface area (Å²) in [6.45, 7) is 13.0. The van der Waals surface area contributed by atoms with Crippen molar-refractivity contribution in [3.63, 3.8) is 0 Å². The average molecular weight is 291 g/mol. The second-order valence-electron chi connectivity index (χ2n) is 5.77. The Labute approximate surface area is 107 Å². The third kappa shape index (κ3) is 2.93. The first kappa shape index (κ1) is 14.8. The Bertz CT molecular complexity index is 211. The van der Waals surface area contributed by atoms with Gasteiger partial charge in [0.25, 0.3) is 0 Å². The molecule has 1 saturated heterocycles. The van der Waals surface area contributed by atoms with Gasteiger partial charge in [0.1, 0.15) is 0 Å². The molecule has 0 aliphatic carbocycles. The molecule has 16 heavy (non-hydrogen) atoms. The molecule has 0 aromatic heterocycles. The summed E-state index contributed by atoms with van der Waals surface area (Å²) in [7, 11) is -2.32. The van der Waals surface area contributed by atoms with Gasteiger partial charge >= 0.3 is 38.6 Å². The highest BCUT2D eigenvalue weighted by Gasteiger charge is 2.58. The quantitative estimate of drug-likeness (QED) is 0.637. The van der Waals surface area contributed by atoms with E-state index in [1.54, 1.807) is 0 Å². The molecule has 90 valence electrons. The molecule has 0 spiro atoms. The molecule has 0 saturated carbocycles. The second-order valence-corrected chi connectivity index (χ2v) is 13.8. The second kappa shape index (κ2) is 5.14. The Hall–Kier alpha value is 0.708. The first-order valence-electron chi connectivity index (χ1n) is 5.13. The molecule has 1 aliphatic rings. The van der Waals surface area contributed by atoms with E-state index in [4.69, 9.17) is 16.5 Å². The van der Waals surface area contributed by atoms with E-state index in [0.717, 1.165) is 0 Å². The number of hydrogen-bond donors (Lipinski definition) is 0. The minimum absolute atomic E-state index is 0.0155. The van der Waals surface area contributed by atoms with Crippen LogP contribution >= 0.6 is 0 Å². The molecular formula is C8H18O4Si4. The lowest BCUT2D eigenvalue weighted by atomic mass is 10.2. The summed E-state index contributed by atoms with van der Waals surface area (Å²) in [5, 5.41) is -0.0309. The Balaban J connectivity index is 3.01. The zero-order chi connectivity index (χ0) is 12.4. The average Bonchev–Trinajstić information content (AvgIpc) is 1.97. The normalized spacial score (nSPS) is 23.6. The molecule has 1 heterocycles. The van der Waals surface area contributed by atoms with Crippen molar-refractivity contribution in [1.82, 2.24) is 0 Å². The fraction of sp³-hybridized carbons (Fsp3) is 1.00. The van der Waals surface area contributed by atoms with Crippen molar-refractivity contribution in [3.05, 3.63) is 0 Å². The van der Waals surface area contributed by atoms with Crippen LogP contribution in [0, 0.1) is 0 Å². The highest BCUT2D eigenvalue weighted by Crippen LogP contribution is 2.51. The molecule has 8 heteroatoms. The SMILES string of the molecule is CC(C)(C)[Si]1(C(C)(C)C)O[Si]O[Si]O[Si]O1. The third-order valence-electron chi connectivity index (χ3n) is 2.51. The molecule has 1 fully saturated rings. The van der Waals surface area contributed by atoms with Gasteiger partial charge < -0.3 is 16.5 Å². The van der Waals surface area contributed by atoms with Crippen LogP contribution in [-0.4, -0.2) is 38.6 Å². The van der Waals surface area contributed by atoms with Gasteiger partial charge in [-0.1, -0.05) is 41.5 Å². The topological polar surface area (TPSA) is 36.9 Å². The van der Waals surface area contributed by atoms with E-state index in [1.807, 2.05) is 0 Å². The van der Waals surface area contributed by atoms with Crippen LogP contribution < -0.4 is 0 Å². The molecule has 0 N–H and O–H groups in total. The fourth-order valence-electron chi connectivity index (χ4n) is 1.97. The molecule has 1 rings (SSSR count). The van der Waals surface area contributed by atoms with Gasteiger partial charge in [0, 0.05) is 10.1 Å². The van der Waals surface area contributed by atoms with Crippen molar-refractivity contribution in [2.75, 3.05) is 0 Å². The van der Waals surface area contributed by atoms with Crippen LogP contribution in [-0.2, 0) is 16.5 Å². The van der Waals surface area contributed by atoms with Crippen LogP contribution in [0.5, 0.6) is 0 Å². The summed E-state index contributed by atoms with van der Waals surface area (Å²) in [6, 6.07) is 0. The Morgan fingerprint density at radius 2 is 1.06 bits per heavy atom. The smallest absolute Gasteiger partial charge is 0.413 e. The van der Waals surface area contributed by atoms with Crippen molar-refractivity contribution >= 4 is 38.6 Å². The Morgan fingerprint density at radius 1 is 0.688 bits per heavy atom. The van der Waals surface area contributed by atoms with E-state index in [-0.39, 0.29) is 40.1 Å². The van der Waals surface area contributed by atoms with E-state index < -0.39 is 8.56 Å². The lowest BCUT2D eigenvalue weighted by Gasteiger charge is -2.49. The van der Waals surface area contributed by atoms with E-state index in [2.05, 4.69) is 41.5 Å². The first-order valence-corrected chi connectivity index (χ1v) is 9.40. The largest absolute Gasteiger partial charge is 0.413 e. The summed E-state index contributed by atoms with van der Waals surface area (Å²) in [5.74, 6) is 0. The van der Waals surface area contributed by atoms with E-state index in [1.165, 1.54) is 0 Å². The maximum absolute atomic E-state index is 6.06. The maximum atomic E-state index is 6.06. The molecule has 0 aromatic carbocycles. The molecule has 0 amide bonds. The van der Waals surface area contributed by atoms with Crippen molar-refractivity contribution in [2.45, 2.75) is 51.6 Å². The van der Waals surface area contributed by atoms with E-state index >= 15 is 0 Å². The van der Waals surface area contributed by atoms with Crippen LogP contribution in [0.15, 0.2) is 0 Å². The highest BCUT2D eigenvalue weighted by molar-refractivity contribution is 6.80. The zero-order valence-electron chi connectivity index (χ0n) is 10.6. The van der Waals surface area contributed by atoms with Gasteiger partial charge in [0.15, 0.2) is 0 Å². The van der Waals surface area contributed by atoms with Gasteiger partial charge in [0.05, 0.1) is 0 Å². The van der Waals surface area contributed by atoms with Crippen LogP contribution in [0.4, 0.5) is 0 Å². The van der Waals surface area contributed by atoms with Gasteiger partial charge in [-0.05, 0) is 0 Å². The summed E-state index contributed by atoms with van der Waals surface area (Å²) in [5.41, 5.74) is 0. The lowest BCUT2D eigenvalue weighted by Crippen LogP contribution is -2.59. The summed E-state index contributed by atoms with van der Waals surface area (Å²) >= 11 is 0.